The zero-order valence-electron chi connectivity index (χ0n) is 10.9. The van der Waals surface area contributed by atoms with Crippen LogP contribution in [0.4, 0.5) is 0 Å². The van der Waals surface area contributed by atoms with Gasteiger partial charge in [-0.05, 0) is 34.2 Å². The fraction of sp³-hybridized carbons (Fsp3) is 0.667. The van der Waals surface area contributed by atoms with Crippen LogP contribution in [0, 0.1) is 5.41 Å². The summed E-state index contributed by atoms with van der Waals surface area (Å²) in [5, 5.41) is 8.98. The molecule has 7 heteroatoms. The third-order valence-electron chi connectivity index (χ3n) is 3.71. The number of furan rings is 1. The van der Waals surface area contributed by atoms with Gasteiger partial charge >= 0.3 is 0 Å². The predicted molar refractivity (Wildman–Crippen MR) is 74.1 cm³/mol. The minimum Gasteiger partial charge on any atom is -0.450 e. The van der Waals surface area contributed by atoms with Gasteiger partial charge in [-0.25, -0.2) is 13.1 Å². The van der Waals surface area contributed by atoms with Gasteiger partial charge in [0, 0.05) is 12.1 Å². The lowest BCUT2D eigenvalue weighted by Gasteiger charge is -2.27. The first-order chi connectivity index (χ1) is 8.76. The third kappa shape index (κ3) is 3.04. The van der Waals surface area contributed by atoms with E-state index in [1.165, 1.54) is 6.07 Å². The van der Waals surface area contributed by atoms with E-state index < -0.39 is 10.0 Å². The van der Waals surface area contributed by atoms with Crippen LogP contribution in [0.2, 0.25) is 0 Å². The molecule has 0 radical (unpaired) electrons. The quantitative estimate of drug-likeness (QED) is 0.872. The van der Waals surface area contributed by atoms with Gasteiger partial charge in [-0.1, -0.05) is 20.3 Å². The second-order valence-corrected chi connectivity index (χ2v) is 7.97. The molecule has 1 fully saturated rings. The van der Waals surface area contributed by atoms with Crippen molar-refractivity contribution in [2.24, 2.45) is 5.41 Å². The molecule has 1 aliphatic rings. The highest BCUT2D eigenvalue weighted by atomic mass is 79.9. The zero-order chi connectivity index (χ0) is 14.3. The van der Waals surface area contributed by atoms with Crippen molar-refractivity contribution in [3.8, 4) is 0 Å². The van der Waals surface area contributed by atoms with Crippen molar-refractivity contribution in [1.29, 1.82) is 0 Å². The molecule has 0 aromatic carbocycles. The zero-order valence-corrected chi connectivity index (χ0v) is 13.3. The van der Waals surface area contributed by atoms with Crippen LogP contribution in [-0.4, -0.2) is 19.6 Å². The van der Waals surface area contributed by atoms with Crippen LogP contribution in [0.5, 0.6) is 0 Å². The molecule has 0 spiro atoms. The highest BCUT2D eigenvalue weighted by Gasteiger charge is 2.38. The number of hydrogen-bond acceptors (Lipinski definition) is 4. The fourth-order valence-corrected chi connectivity index (χ4v) is 4.89. The minimum absolute atomic E-state index is 0.0386. The van der Waals surface area contributed by atoms with Crippen LogP contribution in [0.25, 0.3) is 0 Å². The number of nitrogens with one attached hydrogen (secondary N) is 1. The standard InChI is InChI=1S/C12H18BrNO4S/c1-12(2)5-3-4-10(12)14-19(16,17)9-6-8(7-15)18-11(9)13/h6,10,14-15H,3-5,7H2,1-2H3. The Morgan fingerprint density at radius 3 is 2.74 bits per heavy atom. The summed E-state index contributed by atoms with van der Waals surface area (Å²) < 4.78 is 32.7. The van der Waals surface area contributed by atoms with Gasteiger partial charge in [0.2, 0.25) is 10.0 Å². The van der Waals surface area contributed by atoms with E-state index in [-0.39, 0.29) is 33.4 Å². The summed E-state index contributed by atoms with van der Waals surface area (Å²) in [5.41, 5.74) is -0.0386. The Morgan fingerprint density at radius 1 is 1.58 bits per heavy atom. The van der Waals surface area contributed by atoms with Crippen LogP contribution in [0.3, 0.4) is 0 Å². The van der Waals surface area contributed by atoms with Crippen molar-refractivity contribution in [2.45, 2.75) is 50.7 Å². The lowest BCUT2D eigenvalue weighted by atomic mass is 9.88. The summed E-state index contributed by atoms with van der Waals surface area (Å²) in [5.74, 6) is 0.220. The number of aliphatic hydroxyl groups excluding tert-OH is 1. The number of halogens is 1. The SMILES string of the molecule is CC1(C)CCCC1NS(=O)(=O)c1cc(CO)oc1Br. The molecule has 19 heavy (non-hydrogen) atoms. The van der Waals surface area contributed by atoms with Gasteiger partial charge in [-0.3, -0.25) is 0 Å². The summed E-state index contributed by atoms with van der Waals surface area (Å²) in [4.78, 5) is 0.0410. The third-order valence-corrected chi connectivity index (χ3v) is 6.04. The summed E-state index contributed by atoms with van der Waals surface area (Å²) in [6.07, 6.45) is 2.87. The van der Waals surface area contributed by atoms with Crippen molar-refractivity contribution in [2.75, 3.05) is 0 Å². The van der Waals surface area contributed by atoms with E-state index in [1.54, 1.807) is 0 Å². The first-order valence-corrected chi connectivity index (χ1v) is 8.45. The molecule has 1 heterocycles. The molecule has 1 unspecified atom stereocenters. The molecule has 1 aromatic rings. The topological polar surface area (TPSA) is 79.5 Å². The molecule has 1 saturated carbocycles. The van der Waals surface area contributed by atoms with Crippen molar-refractivity contribution in [3.63, 3.8) is 0 Å². The molecular formula is C12H18BrNO4S. The molecular weight excluding hydrogens is 334 g/mol. The number of aliphatic hydroxyl groups is 1. The van der Waals surface area contributed by atoms with E-state index in [4.69, 9.17) is 9.52 Å². The van der Waals surface area contributed by atoms with Gasteiger partial charge in [0.15, 0.2) is 4.67 Å². The largest absolute Gasteiger partial charge is 0.450 e. The number of rotatable bonds is 4. The van der Waals surface area contributed by atoms with Gasteiger partial charge in [-0.15, -0.1) is 0 Å². The van der Waals surface area contributed by atoms with Crippen molar-refractivity contribution >= 4 is 26.0 Å². The average molecular weight is 352 g/mol. The molecule has 0 saturated heterocycles. The van der Waals surface area contributed by atoms with Gasteiger partial charge in [0.1, 0.15) is 17.3 Å². The number of hydrogen-bond donors (Lipinski definition) is 2. The summed E-state index contributed by atoms with van der Waals surface area (Å²) in [6, 6.07) is 1.27. The molecule has 0 aliphatic heterocycles. The Balaban J connectivity index is 2.25. The first-order valence-electron chi connectivity index (χ1n) is 6.18. The van der Waals surface area contributed by atoms with E-state index in [0.717, 1.165) is 19.3 Å². The molecule has 2 N–H and O–H groups in total. The fourth-order valence-electron chi connectivity index (χ4n) is 2.45. The van der Waals surface area contributed by atoms with E-state index in [1.807, 2.05) is 0 Å². The monoisotopic (exact) mass is 351 g/mol. The van der Waals surface area contributed by atoms with E-state index >= 15 is 0 Å². The highest BCUT2D eigenvalue weighted by molar-refractivity contribution is 9.10. The highest BCUT2D eigenvalue weighted by Crippen LogP contribution is 2.38. The maximum absolute atomic E-state index is 12.3. The van der Waals surface area contributed by atoms with Crippen LogP contribution < -0.4 is 4.72 Å². The average Bonchev–Trinajstić information content (AvgIpc) is 2.83. The van der Waals surface area contributed by atoms with Crippen LogP contribution in [0.15, 0.2) is 20.0 Å². The number of sulfonamides is 1. The summed E-state index contributed by atoms with van der Waals surface area (Å²) in [6.45, 7) is 3.80. The van der Waals surface area contributed by atoms with Crippen molar-refractivity contribution < 1.29 is 17.9 Å². The molecule has 2 rings (SSSR count). The second-order valence-electron chi connectivity index (χ2n) is 5.56. The van der Waals surface area contributed by atoms with Gasteiger partial charge < -0.3 is 9.52 Å². The Labute approximate surface area is 121 Å². The molecule has 1 aliphatic carbocycles. The minimum atomic E-state index is -3.64. The van der Waals surface area contributed by atoms with Crippen LogP contribution >= 0.6 is 15.9 Å². The lowest BCUT2D eigenvalue weighted by Crippen LogP contribution is -2.41. The molecule has 0 amide bonds. The second kappa shape index (κ2) is 5.20. The summed E-state index contributed by atoms with van der Waals surface area (Å²) >= 11 is 3.07. The molecule has 5 nitrogen and oxygen atoms in total. The van der Waals surface area contributed by atoms with Gasteiger partial charge in [-0.2, -0.15) is 0 Å². The summed E-state index contributed by atoms with van der Waals surface area (Å²) in [7, 11) is -3.64. The maximum Gasteiger partial charge on any atom is 0.245 e. The van der Waals surface area contributed by atoms with Gasteiger partial charge in [0.05, 0.1) is 0 Å². The van der Waals surface area contributed by atoms with Crippen molar-refractivity contribution in [1.82, 2.24) is 4.72 Å². The molecule has 1 atom stereocenters. The predicted octanol–water partition coefficient (Wildman–Crippen LogP) is 2.39. The van der Waals surface area contributed by atoms with Crippen LogP contribution in [-0.2, 0) is 16.6 Å². The molecule has 1 aromatic heterocycles. The van der Waals surface area contributed by atoms with Crippen LogP contribution in [0.1, 0.15) is 38.9 Å². The Bertz CT molecular complexity index is 564. The van der Waals surface area contributed by atoms with Crippen molar-refractivity contribution in [3.05, 3.63) is 16.5 Å². The normalized spacial score (nSPS) is 22.8. The lowest BCUT2D eigenvalue weighted by molar-refractivity contribution is 0.245. The van der Waals surface area contributed by atoms with E-state index in [0.29, 0.717) is 0 Å². The Hall–Kier alpha value is -0.370. The van der Waals surface area contributed by atoms with E-state index in [2.05, 4.69) is 34.5 Å². The Kier molecular flexibility index (Phi) is 4.11. The Morgan fingerprint density at radius 2 is 2.26 bits per heavy atom. The van der Waals surface area contributed by atoms with Gasteiger partial charge in [0.25, 0.3) is 0 Å². The first kappa shape index (κ1) is 15.0. The maximum atomic E-state index is 12.3. The van der Waals surface area contributed by atoms with E-state index in [9.17, 15) is 8.42 Å². The molecule has 108 valence electrons. The smallest absolute Gasteiger partial charge is 0.245 e. The molecule has 0 bridgehead atoms.